The van der Waals surface area contributed by atoms with Gasteiger partial charge >= 0.3 is 6.09 Å². The van der Waals surface area contributed by atoms with Gasteiger partial charge in [-0.3, -0.25) is 0 Å². The monoisotopic (exact) mass is 265 g/mol. The molecule has 0 aliphatic carbocycles. The van der Waals surface area contributed by atoms with Gasteiger partial charge in [-0.05, 0) is 38.8 Å². The van der Waals surface area contributed by atoms with Crippen molar-refractivity contribution in [1.82, 2.24) is 5.32 Å². The summed E-state index contributed by atoms with van der Waals surface area (Å²) in [5, 5.41) is 12.1. The van der Waals surface area contributed by atoms with E-state index in [1.807, 2.05) is 20.8 Å². The number of rotatable bonds is 1. The number of phenolic OH excluding ortho intramolecular Hbond substituents is 1. The molecule has 0 spiro atoms. The maximum absolute atomic E-state index is 11.7. The molecular weight excluding hydrogens is 246 g/mol. The molecule has 0 bridgehead atoms. The van der Waals surface area contributed by atoms with Gasteiger partial charge in [-0.15, -0.1) is 0 Å². The minimum Gasteiger partial charge on any atom is -0.508 e. The molecular formula is C14H19NO4. The molecule has 1 aromatic rings. The quantitative estimate of drug-likeness (QED) is 0.817. The lowest BCUT2D eigenvalue weighted by atomic mass is 10.0. The van der Waals surface area contributed by atoms with Gasteiger partial charge in [-0.25, -0.2) is 4.79 Å². The van der Waals surface area contributed by atoms with E-state index in [-0.39, 0.29) is 11.8 Å². The van der Waals surface area contributed by atoms with Crippen LogP contribution in [0.3, 0.4) is 0 Å². The number of nitrogens with one attached hydrogen (secondary N) is 1. The number of hydrogen-bond acceptors (Lipinski definition) is 4. The highest BCUT2D eigenvalue weighted by Crippen LogP contribution is 2.28. The first-order valence-corrected chi connectivity index (χ1v) is 6.28. The topological polar surface area (TPSA) is 67.8 Å². The van der Waals surface area contributed by atoms with E-state index in [0.29, 0.717) is 18.8 Å². The molecule has 1 aliphatic heterocycles. The molecule has 1 heterocycles. The Kier molecular flexibility index (Phi) is 3.55. The molecule has 0 saturated heterocycles. The summed E-state index contributed by atoms with van der Waals surface area (Å²) >= 11 is 0. The molecule has 1 aliphatic rings. The smallest absolute Gasteiger partial charge is 0.408 e. The molecule has 19 heavy (non-hydrogen) atoms. The fourth-order valence-electron chi connectivity index (χ4n) is 1.93. The second-order valence-corrected chi connectivity index (χ2v) is 5.65. The van der Waals surface area contributed by atoms with Gasteiger partial charge in [-0.2, -0.15) is 0 Å². The van der Waals surface area contributed by atoms with E-state index in [1.54, 1.807) is 18.2 Å². The average Bonchev–Trinajstić information content (AvgIpc) is 2.26. The van der Waals surface area contributed by atoms with Crippen molar-refractivity contribution in [3.05, 3.63) is 23.8 Å². The van der Waals surface area contributed by atoms with E-state index in [2.05, 4.69) is 5.32 Å². The average molecular weight is 265 g/mol. The van der Waals surface area contributed by atoms with E-state index < -0.39 is 11.7 Å². The van der Waals surface area contributed by atoms with Crippen LogP contribution in [-0.2, 0) is 11.2 Å². The molecule has 0 fully saturated rings. The van der Waals surface area contributed by atoms with Crippen LogP contribution < -0.4 is 10.1 Å². The molecule has 5 heteroatoms. The highest BCUT2D eigenvalue weighted by Gasteiger charge is 2.24. The number of fused-ring (bicyclic) bond motifs is 1. The largest absolute Gasteiger partial charge is 0.508 e. The van der Waals surface area contributed by atoms with E-state index in [0.717, 1.165) is 5.56 Å². The Hall–Kier alpha value is -1.91. The van der Waals surface area contributed by atoms with Gasteiger partial charge in [0.05, 0.1) is 6.04 Å². The van der Waals surface area contributed by atoms with Crippen LogP contribution in [0.2, 0.25) is 0 Å². The molecule has 1 aromatic carbocycles. The van der Waals surface area contributed by atoms with Crippen LogP contribution in [0.4, 0.5) is 4.79 Å². The number of phenols is 1. The minimum atomic E-state index is -0.511. The Morgan fingerprint density at radius 2 is 2.21 bits per heavy atom. The number of benzene rings is 1. The molecule has 2 N–H and O–H groups in total. The number of ether oxygens (including phenoxy) is 2. The Morgan fingerprint density at radius 1 is 1.47 bits per heavy atom. The normalized spacial score (nSPS) is 18.2. The van der Waals surface area contributed by atoms with Crippen LogP contribution >= 0.6 is 0 Å². The van der Waals surface area contributed by atoms with Gasteiger partial charge in [0.25, 0.3) is 0 Å². The molecule has 1 atom stereocenters. The molecule has 0 radical (unpaired) electrons. The van der Waals surface area contributed by atoms with Crippen LogP contribution in [0.25, 0.3) is 0 Å². The molecule has 0 saturated carbocycles. The van der Waals surface area contributed by atoms with Gasteiger partial charge < -0.3 is 19.9 Å². The zero-order valence-electron chi connectivity index (χ0n) is 11.4. The number of hydrogen-bond donors (Lipinski definition) is 2. The first kappa shape index (κ1) is 13.5. The molecule has 0 unspecified atom stereocenters. The summed E-state index contributed by atoms with van der Waals surface area (Å²) in [6, 6.07) is 4.87. The zero-order valence-corrected chi connectivity index (χ0v) is 11.4. The number of carbonyl (C=O) groups excluding carboxylic acids is 1. The van der Waals surface area contributed by atoms with Crippen LogP contribution in [0.15, 0.2) is 18.2 Å². The lowest BCUT2D eigenvalue weighted by Crippen LogP contribution is -2.44. The first-order valence-electron chi connectivity index (χ1n) is 6.28. The number of carbonyl (C=O) groups is 1. The lowest BCUT2D eigenvalue weighted by molar-refractivity contribution is 0.0481. The van der Waals surface area contributed by atoms with Crippen molar-refractivity contribution in [2.24, 2.45) is 0 Å². The number of alkyl carbamates (subject to hydrolysis) is 1. The minimum absolute atomic E-state index is 0.119. The molecule has 0 aromatic heterocycles. The third kappa shape index (κ3) is 3.77. The van der Waals surface area contributed by atoms with Crippen LogP contribution in [-0.4, -0.2) is 29.4 Å². The Bertz CT molecular complexity index is 479. The molecule has 1 amide bonds. The molecule has 2 rings (SSSR count). The standard InChI is InChI=1S/C14H19NO4/c1-14(2,3)19-13(17)15-10-6-9-4-5-11(16)7-12(9)18-8-10/h4-5,7,10,16H,6,8H2,1-3H3,(H,15,17)/t10-/m0/s1. The van der Waals surface area contributed by atoms with Crippen molar-refractivity contribution in [2.75, 3.05) is 6.61 Å². The lowest BCUT2D eigenvalue weighted by Gasteiger charge is -2.27. The number of amides is 1. The summed E-state index contributed by atoms with van der Waals surface area (Å²) in [5.74, 6) is 0.847. The van der Waals surface area contributed by atoms with Gasteiger partial charge in [0, 0.05) is 6.07 Å². The first-order chi connectivity index (χ1) is 8.83. The zero-order chi connectivity index (χ0) is 14.0. The SMILES string of the molecule is CC(C)(C)OC(=O)N[C@@H]1COc2cc(O)ccc2C1. The van der Waals surface area contributed by atoms with Crippen molar-refractivity contribution in [3.8, 4) is 11.5 Å². The van der Waals surface area contributed by atoms with Crippen molar-refractivity contribution in [3.63, 3.8) is 0 Å². The Balaban J connectivity index is 1.95. The summed E-state index contributed by atoms with van der Waals surface area (Å²) in [5.41, 5.74) is 0.452. The second kappa shape index (κ2) is 4.99. The van der Waals surface area contributed by atoms with E-state index in [9.17, 15) is 9.90 Å². The van der Waals surface area contributed by atoms with E-state index in [1.165, 1.54) is 0 Å². The summed E-state index contributed by atoms with van der Waals surface area (Å²) in [7, 11) is 0. The molecule has 104 valence electrons. The van der Waals surface area contributed by atoms with Crippen LogP contribution in [0.5, 0.6) is 11.5 Å². The van der Waals surface area contributed by atoms with Gasteiger partial charge in [0.2, 0.25) is 0 Å². The van der Waals surface area contributed by atoms with Crippen molar-refractivity contribution >= 4 is 6.09 Å². The molecule has 5 nitrogen and oxygen atoms in total. The maximum atomic E-state index is 11.7. The highest BCUT2D eigenvalue weighted by molar-refractivity contribution is 5.68. The van der Waals surface area contributed by atoms with Gasteiger partial charge in [-0.1, -0.05) is 6.07 Å². The summed E-state index contributed by atoms with van der Waals surface area (Å²) in [6.45, 7) is 5.84. The van der Waals surface area contributed by atoms with Gasteiger partial charge in [0.1, 0.15) is 23.7 Å². The van der Waals surface area contributed by atoms with Crippen LogP contribution in [0, 0.1) is 0 Å². The Labute approximate surface area is 112 Å². The Morgan fingerprint density at radius 3 is 2.89 bits per heavy atom. The number of aromatic hydroxyl groups is 1. The van der Waals surface area contributed by atoms with Gasteiger partial charge in [0.15, 0.2) is 0 Å². The summed E-state index contributed by atoms with van der Waals surface area (Å²) in [4.78, 5) is 11.7. The van der Waals surface area contributed by atoms with Crippen molar-refractivity contribution < 1.29 is 19.4 Å². The highest BCUT2D eigenvalue weighted by atomic mass is 16.6. The fourth-order valence-corrected chi connectivity index (χ4v) is 1.93. The third-order valence-electron chi connectivity index (χ3n) is 2.68. The van der Waals surface area contributed by atoms with Crippen LogP contribution in [0.1, 0.15) is 26.3 Å². The predicted molar refractivity (Wildman–Crippen MR) is 70.5 cm³/mol. The predicted octanol–water partition coefficient (Wildman–Crippen LogP) is 2.22. The fraction of sp³-hybridized carbons (Fsp3) is 0.500. The van der Waals surface area contributed by atoms with E-state index >= 15 is 0 Å². The summed E-state index contributed by atoms with van der Waals surface area (Å²) < 4.78 is 10.7. The summed E-state index contributed by atoms with van der Waals surface area (Å²) in [6.07, 6.45) is 0.220. The third-order valence-corrected chi connectivity index (χ3v) is 2.68. The van der Waals surface area contributed by atoms with Crippen molar-refractivity contribution in [1.29, 1.82) is 0 Å². The maximum Gasteiger partial charge on any atom is 0.408 e. The van der Waals surface area contributed by atoms with E-state index in [4.69, 9.17) is 9.47 Å². The van der Waals surface area contributed by atoms with Crippen molar-refractivity contribution in [2.45, 2.75) is 38.8 Å². The second-order valence-electron chi connectivity index (χ2n) is 5.65.